The Bertz CT molecular complexity index is 158. The number of rotatable bonds is 0. The Labute approximate surface area is 61.6 Å². The standard InChI is InChI=1S/C6H5IO/c7-5-3-1-2-4-6(5)8/h1-5H. The summed E-state index contributed by atoms with van der Waals surface area (Å²) >= 11 is 2.10. The highest BCUT2D eigenvalue weighted by molar-refractivity contribution is 14.1. The lowest BCUT2D eigenvalue weighted by atomic mass is 10.2. The van der Waals surface area contributed by atoms with Crippen LogP contribution < -0.4 is 0 Å². The largest absolute Gasteiger partial charge is 0.293 e. The zero-order chi connectivity index (χ0) is 5.98. The number of carbonyl (C=O) groups excluding carboxylic acids is 1. The van der Waals surface area contributed by atoms with Crippen molar-refractivity contribution in [3.8, 4) is 0 Å². The summed E-state index contributed by atoms with van der Waals surface area (Å²) in [5.41, 5.74) is 0. The minimum absolute atomic E-state index is 0.0672. The van der Waals surface area contributed by atoms with Gasteiger partial charge >= 0.3 is 0 Å². The normalized spacial score (nSPS) is 26.6. The molecule has 0 radical (unpaired) electrons. The van der Waals surface area contributed by atoms with E-state index in [1.807, 2.05) is 12.2 Å². The SMILES string of the molecule is O=C1C=CC=CC1I. The summed E-state index contributed by atoms with van der Waals surface area (Å²) < 4.78 is 0.0672. The molecular formula is C6H5IO. The number of carbonyl (C=O) groups is 1. The molecule has 8 heavy (non-hydrogen) atoms. The Balaban J connectivity index is 2.74. The van der Waals surface area contributed by atoms with Gasteiger partial charge in [-0.3, -0.25) is 4.79 Å². The fraction of sp³-hybridized carbons (Fsp3) is 0.167. The van der Waals surface area contributed by atoms with Crippen molar-refractivity contribution in [3.63, 3.8) is 0 Å². The number of halogens is 1. The number of hydrogen-bond donors (Lipinski definition) is 0. The fourth-order valence-corrected chi connectivity index (χ4v) is 0.946. The Morgan fingerprint density at radius 1 is 1.50 bits per heavy atom. The molecule has 0 amide bonds. The molecule has 1 atom stereocenters. The molecule has 0 fully saturated rings. The Kier molecular flexibility index (Phi) is 1.83. The van der Waals surface area contributed by atoms with Crippen molar-refractivity contribution in [3.05, 3.63) is 24.3 Å². The lowest BCUT2D eigenvalue weighted by Gasteiger charge is -1.99. The van der Waals surface area contributed by atoms with Crippen LogP contribution in [0.2, 0.25) is 0 Å². The summed E-state index contributed by atoms with van der Waals surface area (Å²) in [6, 6.07) is 0. The first-order valence-electron chi connectivity index (χ1n) is 2.33. The molecule has 1 unspecified atom stereocenters. The summed E-state index contributed by atoms with van der Waals surface area (Å²) in [6.07, 6.45) is 7.12. The van der Waals surface area contributed by atoms with E-state index in [0.717, 1.165) is 0 Å². The van der Waals surface area contributed by atoms with Gasteiger partial charge in [-0.2, -0.15) is 0 Å². The van der Waals surface area contributed by atoms with Gasteiger partial charge in [0.25, 0.3) is 0 Å². The Morgan fingerprint density at radius 3 is 2.62 bits per heavy atom. The zero-order valence-electron chi connectivity index (χ0n) is 4.17. The third kappa shape index (κ3) is 1.18. The molecule has 1 aliphatic carbocycles. The smallest absolute Gasteiger partial charge is 0.172 e. The maximum absolute atomic E-state index is 10.6. The van der Waals surface area contributed by atoms with Crippen LogP contribution in [-0.4, -0.2) is 9.71 Å². The van der Waals surface area contributed by atoms with Crippen LogP contribution in [0.15, 0.2) is 24.3 Å². The van der Waals surface area contributed by atoms with E-state index in [4.69, 9.17) is 0 Å². The van der Waals surface area contributed by atoms with Crippen molar-refractivity contribution in [1.82, 2.24) is 0 Å². The van der Waals surface area contributed by atoms with Gasteiger partial charge in [-0.15, -0.1) is 0 Å². The summed E-state index contributed by atoms with van der Waals surface area (Å²) in [5, 5.41) is 0. The quantitative estimate of drug-likeness (QED) is 0.446. The maximum atomic E-state index is 10.6. The molecule has 0 heterocycles. The molecule has 0 aromatic heterocycles. The lowest BCUT2D eigenvalue weighted by Crippen LogP contribution is -2.08. The van der Waals surface area contributed by atoms with Crippen LogP contribution in [0.1, 0.15) is 0 Å². The second-order valence-electron chi connectivity index (χ2n) is 1.55. The van der Waals surface area contributed by atoms with Crippen LogP contribution in [0.3, 0.4) is 0 Å². The first-order valence-corrected chi connectivity index (χ1v) is 3.58. The monoisotopic (exact) mass is 220 g/mol. The van der Waals surface area contributed by atoms with Gasteiger partial charge in [-0.1, -0.05) is 40.8 Å². The maximum Gasteiger partial charge on any atom is 0.172 e. The minimum Gasteiger partial charge on any atom is -0.293 e. The predicted octanol–water partition coefficient (Wildman–Crippen LogP) is 1.49. The van der Waals surface area contributed by atoms with Gasteiger partial charge in [0.2, 0.25) is 0 Å². The molecule has 0 aromatic rings. The first kappa shape index (κ1) is 6.01. The molecule has 0 saturated heterocycles. The second-order valence-corrected chi connectivity index (χ2v) is 2.89. The molecule has 0 bridgehead atoms. The molecule has 0 saturated carbocycles. The van der Waals surface area contributed by atoms with E-state index >= 15 is 0 Å². The molecule has 1 nitrogen and oxygen atoms in total. The lowest BCUT2D eigenvalue weighted by molar-refractivity contribution is -0.113. The van der Waals surface area contributed by atoms with E-state index in [1.165, 1.54) is 0 Å². The fourth-order valence-electron chi connectivity index (χ4n) is 0.499. The summed E-state index contributed by atoms with van der Waals surface area (Å²) in [6.45, 7) is 0. The summed E-state index contributed by atoms with van der Waals surface area (Å²) in [7, 11) is 0. The average molecular weight is 220 g/mol. The van der Waals surface area contributed by atoms with E-state index in [0.29, 0.717) is 0 Å². The zero-order valence-corrected chi connectivity index (χ0v) is 6.33. The van der Waals surface area contributed by atoms with Crippen LogP contribution in [0.25, 0.3) is 0 Å². The van der Waals surface area contributed by atoms with Crippen molar-refractivity contribution in [2.75, 3.05) is 0 Å². The molecule has 0 aliphatic heterocycles. The van der Waals surface area contributed by atoms with Crippen LogP contribution in [0.4, 0.5) is 0 Å². The van der Waals surface area contributed by atoms with Gasteiger partial charge in [0.1, 0.15) is 0 Å². The second kappa shape index (κ2) is 2.44. The summed E-state index contributed by atoms with van der Waals surface area (Å²) in [4.78, 5) is 10.6. The van der Waals surface area contributed by atoms with Crippen molar-refractivity contribution in [1.29, 1.82) is 0 Å². The van der Waals surface area contributed by atoms with E-state index in [-0.39, 0.29) is 9.71 Å². The van der Waals surface area contributed by atoms with Crippen molar-refractivity contribution in [2.45, 2.75) is 3.92 Å². The van der Waals surface area contributed by atoms with Gasteiger partial charge in [-0.25, -0.2) is 0 Å². The van der Waals surface area contributed by atoms with Crippen LogP contribution >= 0.6 is 22.6 Å². The third-order valence-corrected chi connectivity index (χ3v) is 1.95. The molecule has 0 N–H and O–H groups in total. The molecule has 2 heteroatoms. The van der Waals surface area contributed by atoms with Gasteiger partial charge in [0, 0.05) is 0 Å². The molecule has 0 aromatic carbocycles. The van der Waals surface area contributed by atoms with Crippen LogP contribution in [-0.2, 0) is 4.79 Å². The number of hydrogen-bond acceptors (Lipinski definition) is 1. The van der Waals surface area contributed by atoms with Gasteiger partial charge in [-0.05, 0) is 6.08 Å². The molecule has 1 aliphatic rings. The van der Waals surface area contributed by atoms with Gasteiger partial charge < -0.3 is 0 Å². The highest BCUT2D eigenvalue weighted by Crippen LogP contribution is 2.08. The highest BCUT2D eigenvalue weighted by Gasteiger charge is 2.08. The van der Waals surface area contributed by atoms with Crippen molar-refractivity contribution < 1.29 is 4.79 Å². The van der Waals surface area contributed by atoms with Gasteiger partial charge in [0.15, 0.2) is 5.78 Å². The van der Waals surface area contributed by atoms with E-state index in [2.05, 4.69) is 22.6 Å². The topological polar surface area (TPSA) is 17.1 Å². The van der Waals surface area contributed by atoms with E-state index in [1.54, 1.807) is 12.2 Å². The molecular weight excluding hydrogens is 215 g/mol. The van der Waals surface area contributed by atoms with Crippen LogP contribution in [0, 0.1) is 0 Å². The predicted molar refractivity (Wildman–Crippen MR) is 41.1 cm³/mol. The molecule has 42 valence electrons. The summed E-state index contributed by atoms with van der Waals surface area (Å²) in [5.74, 6) is 0.188. The van der Waals surface area contributed by atoms with E-state index in [9.17, 15) is 4.79 Å². The number of ketones is 1. The van der Waals surface area contributed by atoms with E-state index < -0.39 is 0 Å². The van der Waals surface area contributed by atoms with Crippen molar-refractivity contribution >= 4 is 28.4 Å². The molecule has 1 rings (SSSR count). The first-order chi connectivity index (χ1) is 3.80. The number of alkyl halides is 1. The van der Waals surface area contributed by atoms with Gasteiger partial charge in [0.05, 0.1) is 3.92 Å². The number of allylic oxidation sites excluding steroid dienone is 4. The molecule has 0 spiro atoms. The Morgan fingerprint density at radius 2 is 2.25 bits per heavy atom. The third-order valence-electron chi connectivity index (χ3n) is 0.923. The minimum atomic E-state index is 0.0672. The van der Waals surface area contributed by atoms with Crippen molar-refractivity contribution in [2.24, 2.45) is 0 Å². The van der Waals surface area contributed by atoms with Crippen LogP contribution in [0.5, 0.6) is 0 Å². The average Bonchev–Trinajstić information content (AvgIpc) is 1.77. The Hall–Kier alpha value is -0.120. The highest BCUT2D eigenvalue weighted by atomic mass is 127.